The number of hydrogen-bond acceptors (Lipinski definition) is 0. The van der Waals surface area contributed by atoms with E-state index in [1.807, 2.05) is 0 Å². The molecule has 0 radical (unpaired) electrons. The molecule has 0 spiro atoms. The molecule has 94 valence electrons. The summed E-state index contributed by atoms with van der Waals surface area (Å²) in [5.74, 6) is 0. The molecule has 0 saturated carbocycles. The lowest BCUT2D eigenvalue weighted by Crippen LogP contribution is -2.00. The van der Waals surface area contributed by atoms with E-state index in [2.05, 4.69) is 64.2 Å². The van der Waals surface area contributed by atoms with Crippen molar-refractivity contribution in [1.29, 1.82) is 0 Å². The van der Waals surface area contributed by atoms with E-state index in [4.69, 9.17) is 0 Å². The molecular formula is C18H22. The average molecular weight is 238 g/mol. The third kappa shape index (κ3) is 2.81. The molecule has 0 saturated heterocycles. The minimum atomic E-state index is 1.08. The van der Waals surface area contributed by atoms with E-state index in [1.54, 1.807) is 0 Å². The lowest BCUT2D eigenvalue weighted by molar-refractivity contribution is 1.03. The van der Waals surface area contributed by atoms with Crippen LogP contribution in [0.1, 0.15) is 40.5 Å². The molecule has 0 fully saturated rings. The summed E-state index contributed by atoms with van der Waals surface area (Å²) in [4.78, 5) is 0. The first kappa shape index (κ1) is 12.9. The number of rotatable bonds is 1. The molecule has 2 rings (SSSR count). The first-order valence-corrected chi connectivity index (χ1v) is 6.65. The van der Waals surface area contributed by atoms with Crippen molar-refractivity contribution in [3.05, 3.63) is 69.9 Å². The molecule has 0 unspecified atom stereocenters. The van der Waals surface area contributed by atoms with Crippen LogP contribution >= 0.6 is 0 Å². The van der Waals surface area contributed by atoms with Gasteiger partial charge in [0.2, 0.25) is 0 Å². The van der Waals surface area contributed by atoms with E-state index in [1.165, 1.54) is 33.4 Å². The zero-order chi connectivity index (χ0) is 13.1. The van der Waals surface area contributed by atoms with Crippen molar-refractivity contribution < 1.29 is 0 Å². The van der Waals surface area contributed by atoms with Gasteiger partial charge in [0.15, 0.2) is 0 Å². The summed E-state index contributed by atoms with van der Waals surface area (Å²) in [6.07, 6.45) is 15.5. The summed E-state index contributed by atoms with van der Waals surface area (Å²) in [6.45, 7) is 8.77. The zero-order valence-corrected chi connectivity index (χ0v) is 11.9. The van der Waals surface area contributed by atoms with E-state index in [-0.39, 0.29) is 0 Å². The van der Waals surface area contributed by atoms with Crippen LogP contribution in [0, 0.1) is 0 Å². The van der Waals surface area contributed by atoms with Gasteiger partial charge in [0, 0.05) is 0 Å². The highest BCUT2D eigenvalue weighted by atomic mass is 14.2. The molecule has 0 heterocycles. The molecule has 0 aromatic heterocycles. The molecular weight excluding hydrogens is 216 g/mol. The largest absolute Gasteiger partial charge is 0.0729 e. The molecule has 0 aliphatic heterocycles. The van der Waals surface area contributed by atoms with Crippen molar-refractivity contribution in [2.24, 2.45) is 0 Å². The third-order valence-corrected chi connectivity index (χ3v) is 3.65. The maximum absolute atomic E-state index is 2.26. The van der Waals surface area contributed by atoms with Crippen molar-refractivity contribution >= 4 is 0 Å². The number of hydrogen-bond donors (Lipinski definition) is 0. The van der Waals surface area contributed by atoms with Gasteiger partial charge in [-0.05, 0) is 62.8 Å². The fourth-order valence-electron chi connectivity index (χ4n) is 2.33. The van der Waals surface area contributed by atoms with Gasteiger partial charge in [-0.25, -0.2) is 0 Å². The van der Waals surface area contributed by atoms with Gasteiger partial charge < -0.3 is 0 Å². The van der Waals surface area contributed by atoms with Crippen LogP contribution in [0.2, 0.25) is 0 Å². The molecule has 0 aromatic carbocycles. The molecule has 2 aliphatic rings. The summed E-state index contributed by atoms with van der Waals surface area (Å²) >= 11 is 0. The van der Waals surface area contributed by atoms with Crippen molar-refractivity contribution in [2.75, 3.05) is 0 Å². The van der Waals surface area contributed by atoms with Gasteiger partial charge >= 0.3 is 0 Å². The van der Waals surface area contributed by atoms with Crippen molar-refractivity contribution in [2.45, 2.75) is 40.5 Å². The summed E-state index contributed by atoms with van der Waals surface area (Å²) in [7, 11) is 0. The Balaban J connectivity index is 2.25. The van der Waals surface area contributed by atoms with Crippen LogP contribution < -0.4 is 0 Å². The Morgan fingerprint density at radius 3 is 1.44 bits per heavy atom. The fraction of sp³-hybridized carbons (Fsp3) is 0.333. The Morgan fingerprint density at radius 2 is 1.11 bits per heavy atom. The molecule has 0 nitrogen and oxygen atoms in total. The summed E-state index contributed by atoms with van der Waals surface area (Å²) in [5, 5.41) is 0. The normalized spacial score (nSPS) is 18.7. The minimum Gasteiger partial charge on any atom is -0.0729 e. The fourth-order valence-corrected chi connectivity index (χ4v) is 2.33. The van der Waals surface area contributed by atoms with Crippen LogP contribution in [0.25, 0.3) is 0 Å². The van der Waals surface area contributed by atoms with Crippen molar-refractivity contribution in [1.82, 2.24) is 0 Å². The molecule has 0 bridgehead atoms. The first-order chi connectivity index (χ1) is 8.58. The average Bonchev–Trinajstić information content (AvgIpc) is 2.39. The molecule has 2 aliphatic carbocycles. The van der Waals surface area contributed by atoms with Gasteiger partial charge in [-0.1, -0.05) is 47.6 Å². The Morgan fingerprint density at radius 1 is 0.722 bits per heavy atom. The van der Waals surface area contributed by atoms with Crippen LogP contribution in [0.15, 0.2) is 69.9 Å². The topological polar surface area (TPSA) is 0 Å². The Kier molecular flexibility index (Phi) is 3.86. The second-order valence-corrected chi connectivity index (χ2v) is 5.51. The molecule has 0 amide bonds. The Labute approximate surface area is 111 Å². The first-order valence-electron chi connectivity index (χ1n) is 6.65. The molecule has 18 heavy (non-hydrogen) atoms. The highest BCUT2D eigenvalue weighted by molar-refractivity contribution is 5.51. The molecule has 0 aromatic rings. The van der Waals surface area contributed by atoms with Gasteiger partial charge in [0.25, 0.3) is 0 Å². The minimum absolute atomic E-state index is 1.08. The van der Waals surface area contributed by atoms with Crippen LogP contribution in [-0.2, 0) is 0 Å². The van der Waals surface area contributed by atoms with Crippen LogP contribution in [0.4, 0.5) is 0 Å². The summed E-state index contributed by atoms with van der Waals surface area (Å²) < 4.78 is 0. The van der Waals surface area contributed by atoms with Crippen LogP contribution in [0.3, 0.4) is 0 Å². The smallest absolute Gasteiger partial charge is 0.00236 e. The van der Waals surface area contributed by atoms with E-state index >= 15 is 0 Å². The highest BCUT2D eigenvalue weighted by Gasteiger charge is 2.13. The SMILES string of the molecule is CC(C)=C1C=CC=C(C2=CC=CC(=C(C)C)C2)C1. The maximum Gasteiger partial charge on any atom is -0.00236 e. The van der Waals surface area contributed by atoms with E-state index in [9.17, 15) is 0 Å². The van der Waals surface area contributed by atoms with Gasteiger partial charge in [-0.2, -0.15) is 0 Å². The zero-order valence-electron chi connectivity index (χ0n) is 11.9. The van der Waals surface area contributed by atoms with Gasteiger partial charge in [-0.3, -0.25) is 0 Å². The Hall–Kier alpha value is -1.56. The Bertz CT molecular complexity index is 470. The molecule has 0 heteroatoms. The van der Waals surface area contributed by atoms with Gasteiger partial charge in [-0.15, -0.1) is 0 Å². The second-order valence-electron chi connectivity index (χ2n) is 5.51. The predicted molar refractivity (Wildman–Crippen MR) is 80.4 cm³/mol. The van der Waals surface area contributed by atoms with Crippen LogP contribution in [-0.4, -0.2) is 0 Å². The van der Waals surface area contributed by atoms with E-state index in [0.29, 0.717) is 0 Å². The van der Waals surface area contributed by atoms with E-state index in [0.717, 1.165) is 12.8 Å². The lowest BCUT2D eigenvalue weighted by atomic mass is 9.86. The molecule has 0 atom stereocenters. The van der Waals surface area contributed by atoms with Crippen LogP contribution in [0.5, 0.6) is 0 Å². The van der Waals surface area contributed by atoms with Gasteiger partial charge in [0.1, 0.15) is 0 Å². The van der Waals surface area contributed by atoms with E-state index < -0.39 is 0 Å². The maximum atomic E-state index is 2.26. The monoisotopic (exact) mass is 238 g/mol. The predicted octanol–water partition coefficient (Wildman–Crippen LogP) is 5.43. The lowest BCUT2D eigenvalue weighted by Gasteiger charge is -2.19. The highest BCUT2D eigenvalue weighted by Crippen LogP contribution is 2.32. The van der Waals surface area contributed by atoms with Crippen molar-refractivity contribution in [3.8, 4) is 0 Å². The summed E-state index contributed by atoms with van der Waals surface area (Å²) in [6, 6.07) is 0. The second kappa shape index (κ2) is 5.39. The third-order valence-electron chi connectivity index (χ3n) is 3.65. The quantitative estimate of drug-likeness (QED) is 0.571. The van der Waals surface area contributed by atoms with Crippen molar-refractivity contribution in [3.63, 3.8) is 0 Å². The standard InChI is InChI=1S/C18H22/c1-13(2)15-7-5-9-17(11-15)18-10-6-8-16(12-18)14(3)4/h5-10H,11-12H2,1-4H3. The van der Waals surface area contributed by atoms with Gasteiger partial charge in [0.05, 0.1) is 0 Å². The molecule has 0 N–H and O–H groups in total. The summed E-state index contributed by atoms with van der Waals surface area (Å²) in [5.41, 5.74) is 8.70. The number of allylic oxidation sites excluding steroid dienone is 12.